The second-order valence-corrected chi connectivity index (χ2v) is 7.24. The Bertz CT molecular complexity index is 1130. The normalized spacial score (nSPS) is 11.2. The fourth-order valence-corrected chi connectivity index (χ4v) is 3.59. The Hall–Kier alpha value is -2.86. The summed E-state index contributed by atoms with van der Waals surface area (Å²) >= 11 is 1.51. The van der Waals surface area contributed by atoms with Gasteiger partial charge >= 0.3 is 0 Å². The molecule has 0 aliphatic rings. The first-order valence-corrected chi connectivity index (χ1v) is 9.32. The van der Waals surface area contributed by atoms with Gasteiger partial charge in [-0.15, -0.1) is 0 Å². The highest BCUT2D eigenvalue weighted by molar-refractivity contribution is 7.98. The van der Waals surface area contributed by atoms with Crippen LogP contribution in [0.15, 0.2) is 64.7 Å². The van der Waals surface area contributed by atoms with Crippen molar-refractivity contribution in [2.24, 2.45) is 0 Å². The molecule has 0 aliphatic carbocycles. The summed E-state index contributed by atoms with van der Waals surface area (Å²) in [5.41, 5.74) is 4.88. The van der Waals surface area contributed by atoms with Crippen LogP contribution in [0.3, 0.4) is 0 Å². The highest BCUT2D eigenvalue weighted by Gasteiger charge is 2.12. The monoisotopic (exact) mass is 362 g/mol. The number of thioether (sulfide) groups is 1. The largest absolute Gasteiger partial charge is 0.301 e. The Balaban J connectivity index is 1.69. The molecule has 2 heterocycles. The predicted molar refractivity (Wildman–Crippen MR) is 105 cm³/mol. The molecule has 0 spiro atoms. The second-order valence-electron chi connectivity index (χ2n) is 6.28. The van der Waals surface area contributed by atoms with E-state index in [9.17, 15) is 4.79 Å². The third-order valence-corrected chi connectivity index (χ3v) is 5.10. The average Bonchev–Trinajstić information content (AvgIpc) is 3.05. The van der Waals surface area contributed by atoms with E-state index in [2.05, 4.69) is 40.2 Å². The van der Waals surface area contributed by atoms with E-state index in [0.717, 1.165) is 11.4 Å². The lowest BCUT2D eigenvalue weighted by Gasteiger charge is -2.05. The Morgan fingerprint density at radius 1 is 1.08 bits per heavy atom. The molecule has 130 valence electrons. The zero-order chi connectivity index (χ0) is 18.1. The molecular weight excluding hydrogens is 344 g/mol. The van der Waals surface area contributed by atoms with E-state index >= 15 is 0 Å². The van der Waals surface area contributed by atoms with Crippen molar-refractivity contribution >= 4 is 22.8 Å². The van der Waals surface area contributed by atoms with E-state index in [1.165, 1.54) is 28.5 Å². The van der Waals surface area contributed by atoms with Crippen LogP contribution >= 0.6 is 11.8 Å². The van der Waals surface area contributed by atoms with Gasteiger partial charge in [0.1, 0.15) is 5.39 Å². The Labute approximate surface area is 155 Å². The van der Waals surface area contributed by atoms with Crippen molar-refractivity contribution in [1.29, 1.82) is 0 Å². The highest BCUT2D eigenvalue weighted by atomic mass is 32.2. The zero-order valence-electron chi connectivity index (χ0n) is 14.6. The summed E-state index contributed by atoms with van der Waals surface area (Å²) in [6.45, 7) is 4.11. The first kappa shape index (κ1) is 16.6. The number of hydrogen-bond acceptors (Lipinski definition) is 4. The number of benzene rings is 2. The minimum Gasteiger partial charge on any atom is -0.301 e. The molecule has 0 unspecified atom stereocenters. The van der Waals surface area contributed by atoms with Gasteiger partial charge in [-0.1, -0.05) is 59.3 Å². The Morgan fingerprint density at radius 2 is 1.88 bits per heavy atom. The van der Waals surface area contributed by atoms with E-state index < -0.39 is 0 Å². The fourth-order valence-electron chi connectivity index (χ4n) is 2.80. The van der Waals surface area contributed by atoms with Crippen LogP contribution in [0.25, 0.3) is 16.7 Å². The third-order valence-electron chi connectivity index (χ3n) is 4.15. The first-order valence-electron chi connectivity index (χ1n) is 8.33. The second kappa shape index (κ2) is 6.80. The van der Waals surface area contributed by atoms with Gasteiger partial charge in [0.15, 0.2) is 10.8 Å². The van der Waals surface area contributed by atoms with E-state index in [1.54, 1.807) is 10.9 Å². The molecule has 0 amide bonds. The van der Waals surface area contributed by atoms with Gasteiger partial charge < -0.3 is 4.98 Å². The lowest BCUT2D eigenvalue weighted by Crippen LogP contribution is -2.09. The number of H-pyrrole nitrogens is 1. The summed E-state index contributed by atoms with van der Waals surface area (Å²) in [6, 6.07) is 16.3. The van der Waals surface area contributed by atoms with E-state index in [0.29, 0.717) is 16.2 Å². The summed E-state index contributed by atoms with van der Waals surface area (Å²) < 4.78 is 1.71. The van der Waals surface area contributed by atoms with Crippen molar-refractivity contribution in [2.45, 2.75) is 24.8 Å². The zero-order valence-corrected chi connectivity index (χ0v) is 15.4. The molecule has 1 N–H and O–H groups in total. The van der Waals surface area contributed by atoms with Gasteiger partial charge in [-0.05, 0) is 31.5 Å². The molecule has 0 fully saturated rings. The molecule has 0 saturated heterocycles. The van der Waals surface area contributed by atoms with Gasteiger partial charge in [0.25, 0.3) is 5.56 Å². The van der Waals surface area contributed by atoms with Crippen LogP contribution in [0.4, 0.5) is 0 Å². The standard InChI is InChI=1S/C20H18N4OS/c1-13-6-8-16(9-7-13)24-18-17(11-21-24)19(25)23-20(22-18)26-12-15-5-3-4-14(2)10-15/h3-11H,12H2,1-2H3,(H,22,23,25). The van der Waals surface area contributed by atoms with Crippen LogP contribution in [0.5, 0.6) is 0 Å². The van der Waals surface area contributed by atoms with Crippen LogP contribution in [0.1, 0.15) is 16.7 Å². The molecule has 4 aromatic rings. The van der Waals surface area contributed by atoms with Gasteiger partial charge in [-0.2, -0.15) is 5.10 Å². The number of fused-ring (bicyclic) bond motifs is 1. The minimum atomic E-state index is -0.167. The first-order chi connectivity index (χ1) is 12.6. The van der Waals surface area contributed by atoms with Crippen molar-refractivity contribution < 1.29 is 0 Å². The number of aromatic amines is 1. The molecule has 0 atom stereocenters. The van der Waals surface area contributed by atoms with E-state index in [-0.39, 0.29) is 5.56 Å². The average molecular weight is 362 g/mol. The molecule has 0 radical (unpaired) electrons. The van der Waals surface area contributed by atoms with Crippen molar-refractivity contribution in [3.8, 4) is 5.69 Å². The molecule has 0 aliphatic heterocycles. The topological polar surface area (TPSA) is 63.6 Å². The number of aryl methyl sites for hydroxylation is 2. The van der Waals surface area contributed by atoms with Crippen molar-refractivity contribution in [3.05, 3.63) is 81.8 Å². The number of aromatic nitrogens is 4. The number of rotatable bonds is 4. The van der Waals surface area contributed by atoms with Gasteiger partial charge in [0.2, 0.25) is 0 Å². The van der Waals surface area contributed by atoms with E-state index in [1.807, 2.05) is 37.3 Å². The molecule has 0 saturated carbocycles. The molecule has 26 heavy (non-hydrogen) atoms. The van der Waals surface area contributed by atoms with Crippen molar-refractivity contribution in [1.82, 2.24) is 19.7 Å². The summed E-state index contributed by atoms with van der Waals surface area (Å²) in [5.74, 6) is 0.745. The van der Waals surface area contributed by atoms with Gasteiger partial charge in [0.05, 0.1) is 11.9 Å². The van der Waals surface area contributed by atoms with Crippen LogP contribution in [0, 0.1) is 13.8 Å². The van der Waals surface area contributed by atoms with Crippen LogP contribution in [-0.2, 0) is 5.75 Å². The molecular formula is C20H18N4OS. The smallest absolute Gasteiger partial charge is 0.262 e. The lowest BCUT2D eigenvalue weighted by molar-refractivity contribution is 0.872. The van der Waals surface area contributed by atoms with Gasteiger partial charge in [-0.25, -0.2) is 9.67 Å². The summed E-state index contributed by atoms with van der Waals surface area (Å²) in [6.07, 6.45) is 1.57. The maximum atomic E-state index is 12.4. The van der Waals surface area contributed by atoms with Gasteiger partial charge in [-0.3, -0.25) is 4.79 Å². The minimum absolute atomic E-state index is 0.167. The summed E-state index contributed by atoms with van der Waals surface area (Å²) in [7, 11) is 0. The predicted octanol–water partition coefficient (Wildman–Crippen LogP) is 4.02. The van der Waals surface area contributed by atoms with Crippen LogP contribution in [-0.4, -0.2) is 19.7 Å². The molecule has 5 nitrogen and oxygen atoms in total. The number of nitrogens with zero attached hydrogens (tertiary/aromatic N) is 3. The van der Waals surface area contributed by atoms with Crippen molar-refractivity contribution in [3.63, 3.8) is 0 Å². The molecule has 6 heteroatoms. The number of nitrogens with one attached hydrogen (secondary N) is 1. The Morgan fingerprint density at radius 3 is 2.65 bits per heavy atom. The maximum absolute atomic E-state index is 12.4. The Kier molecular flexibility index (Phi) is 4.34. The van der Waals surface area contributed by atoms with Gasteiger partial charge in [0, 0.05) is 5.75 Å². The molecule has 0 bridgehead atoms. The van der Waals surface area contributed by atoms with Crippen molar-refractivity contribution in [2.75, 3.05) is 0 Å². The number of hydrogen-bond donors (Lipinski definition) is 1. The third kappa shape index (κ3) is 3.28. The molecule has 2 aromatic heterocycles. The maximum Gasteiger partial charge on any atom is 0.262 e. The van der Waals surface area contributed by atoms with E-state index in [4.69, 9.17) is 0 Å². The molecule has 4 rings (SSSR count). The van der Waals surface area contributed by atoms with Crippen LogP contribution < -0.4 is 5.56 Å². The molecule has 2 aromatic carbocycles. The highest BCUT2D eigenvalue weighted by Crippen LogP contribution is 2.21. The van der Waals surface area contributed by atoms with Crippen LogP contribution in [0.2, 0.25) is 0 Å². The lowest BCUT2D eigenvalue weighted by atomic mass is 10.2. The quantitative estimate of drug-likeness (QED) is 0.440. The summed E-state index contributed by atoms with van der Waals surface area (Å²) in [5, 5.41) is 5.44. The SMILES string of the molecule is Cc1ccc(-n2ncc3c(=O)[nH]c(SCc4cccc(C)c4)nc32)cc1. The fraction of sp³-hybridized carbons (Fsp3) is 0.150. The summed E-state index contributed by atoms with van der Waals surface area (Å²) in [4.78, 5) is 19.9.